The fourth-order valence-corrected chi connectivity index (χ4v) is 7.54. The van der Waals surface area contributed by atoms with Crippen LogP contribution in [0.1, 0.15) is 37.7 Å². The molecule has 7 rings (SSSR count). The highest BCUT2D eigenvalue weighted by atomic mass is 16.5. The average molecular weight is 434 g/mol. The highest BCUT2D eigenvalue weighted by Crippen LogP contribution is 2.57. The number of aliphatic hydroxyl groups is 1. The lowest BCUT2D eigenvalue weighted by atomic mass is 9.65. The van der Waals surface area contributed by atoms with E-state index < -0.39 is 11.6 Å². The largest absolute Gasteiger partial charge is 0.490 e. The van der Waals surface area contributed by atoms with E-state index in [0.717, 1.165) is 24.2 Å². The van der Waals surface area contributed by atoms with E-state index in [9.17, 15) is 14.7 Å². The van der Waals surface area contributed by atoms with Crippen molar-refractivity contribution in [3.8, 4) is 5.75 Å². The van der Waals surface area contributed by atoms with Gasteiger partial charge in [0.1, 0.15) is 29.3 Å². The fourth-order valence-electron chi connectivity index (χ4n) is 7.54. The molecule has 1 aromatic rings. The summed E-state index contributed by atoms with van der Waals surface area (Å²) in [6, 6.07) is 7.86. The minimum Gasteiger partial charge on any atom is -0.490 e. The van der Waals surface area contributed by atoms with E-state index in [4.69, 9.17) is 4.74 Å². The van der Waals surface area contributed by atoms with Crippen LogP contribution in [-0.2, 0) is 16.0 Å². The highest BCUT2D eigenvalue weighted by Gasteiger charge is 2.59. The number of carbonyl (C=O) groups is 2. The molecule has 0 spiro atoms. The van der Waals surface area contributed by atoms with Crippen molar-refractivity contribution in [2.24, 2.45) is 41.4 Å². The number of fused-ring (bicyclic) bond motifs is 4. The van der Waals surface area contributed by atoms with E-state index in [1.807, 2.05) is 30.3 Å². The van der Waals surface area contributed by atoms with Crippen LogP contribution in [0.3, 0.4) is 0 Å². The van der Waals surface area contributed by atoms with E-state index in [2.05, 4.69) is 24.0 Å². The van der Waals surface area contributed by atoms with Crippen LogP contribution in [0.15, 0.2) is 49.1 Å². The van der Waals surface area contributed by atoms with Crippen molar-refractivity contribution >= 4 is 11.7 Å². The number of ether oxygens (including phenoxy) is 1. The number of amides is 1. The molecular formula is C27H31NO4. The number of allylic oxidation sites excluding steroid dienone is 3. The molecule has 2 saturated carbocycles. The molecule has 0 aromatic heterocycles. The van der Waals surface area contributed by atoms with E-state index in [0.29, 0.717) is 11.8 Å². The molecule has 1 aromatic carbocycles. The summed E-state index contributed by atoms with van der Waals surface area (Å²) < 4.78 is 6.70. The van der Waals surface area contributed by atoms with Crippen molar-refractivity contribution in [1.29, 1.82) is 0 Å². The van der Waals surface area contributed by atoms with Gasteiger partial charge in [-0.15, -0.1) is 6.58 Å². The number of hydrogen-bond acceptors (Lipinski definition) is 4. The molecule has 1 amide bonds. The number of hydrogen-bond donors (Lipinski definition) is 2. The Balaban J connectivity index is 1.50. The van der Waals surface area contributed by atoms with Crippen molar-refractivity contribution in [2.75, 3.05) is 0 Å². The molecule has 2 N–H and O–H groups in total. The minimum atomic E-state index is -1.40. The Morgan fingerprint density at radius 1 is 1.09 bits per heavy atom. The molecule has 32 heavy (non-hydrogen) atoms. The van der Waals surface area contributed by atoms with Gasteiger partial charge in [-0.1, -0.05) is 43.2 Å². The van der Waals surface area contributed by atoms with Crippen LogP contribution < -0.4 is 10.1 Å². The number of rotatable bonds is 1. The van der Waals surface area contributed by atoms with Crippen LogP contribution in [0, 0.1) is 41.4 Å². The number of nitrogens with one attached hydrogen (secondary N) is 1. The Bertz CT molecular complexity index is 984. The van der Waals surface area contributed by atoms with E-state index in [1.54, 1.807) is 0 Å². The minimum absolute atomic E-state index is 0.0190. The van der Waals surface area contributed by atoms with Gasteiger partial charge in [-0.2, -0.15) is 0 Å². The highest BCUT2D eigenvalue weighted by molar-refractivity contribution is 6.04. The topological polar surface area (TPSA) is 75.6 Å². The summed E-state index contributed by atoms with van der Waals surface area (Å²) in [5.41, 5.74) is -0.486. The monoisotopic (exact) mass is 433 g/mol. The van der Waals surface area contributed by atoms with Gasteiger partial charge in [0.25, 0.3) is 0 Å². The summed E-state index contributed by atoms with van der Waals surface area (Å²) in [6.07, 6.45) is 11.3. The van der Waals surface area contributed by atoms with Gasteiger partial charge in [-0.3, -0.25) is 9.59 Å². The summed E-state index contributed by atoms with van der Waals surface area (Å²) in [5, 5.41) is 13.9. The fraction of sp³-hybridized carbons (Fsp3) is 0.556. The van der Waals surface area contributed by atoms with Crippen molar-refractivity contribution in [3.63, 3.8) is 0 Å². The lowest BCUT2D eigenvalue weighted by Crippen LogP contribution is -2.45. The van der Waals surface area contributed by atoms with Crippen LogP contribution >= 0.6 is 0 Å². The summed E-state index contributed by atoms with van der Waals surface area (Å²) in [6.45, 7) is 4.02. The van der Waals surface area contributed by atoms with Crippen LogP contribution in [-0.4, -0.2) is 28.6 Å². The number of ketones is 1. The quantitative estimate of drug-likeness (QED) is 0.526. The van der Waals surface area contributed by atoms with Gasteiger partial charge in [0.2, 0.25) is 5.91 Å². The summed E-state index contributed by atoms with van der Waals surface area (Å²) >= 11 is 0. The van der Waals surface area contributed by atoms with Crippen LogP contribution in [0.2, 0.25) is 0 Å². The number of carbonyl (C=O) groups excluding carboxylic acids is 2. The molecule has 0 radical (unpaired) electrons. The second kappa shape index (κ2) is 7.31. The maximum atomic E-state index is 14.0. The lowest BCUT2D eigenvalue weighted by molar-refractivity contribution is -0.137. The molecule has 3 aliphatic heterocycles. The van der Waals surface area contributed by atoms with E-state index in [1.165, 1.54) is 12.8 Å². The van der Waals surface area contributed by atoms with Crippen LogP contribution in [0.4, 0.5) is 0 Å². The summed E-state index contributed by atoms with van der Waals surface area (Å²) in [5.74, 6) is 0.332. The molecule has 3 fully saturated rings. The normalized spacial score (nSPS) is 44.4. The Kier molecular flexibility index (Phi) is 4.62. The first-order valence-electron chi connectivity index (χ1n) is 12.1. The van der Waals surface area contributed by atoms with Gasteiger partial charge in [0.05, 0.1) is 0 Å². The third kappa shape index (κ3) is 3.01. The lowest BCUT2D eigenvalue weighted by Gasteiger charge is -2.38. The van der Waals surface area contributed by atoms with Crippen molar-refractivity contribution in [3.05, 3.63) is 54.6 Å². The molecular weight excluding hydrogens is 402 g/mol. The Morgan fingerprint density at radius 2 is 1.84 bits per heavy atom. The van der Waals surface area contributed by atoms with Crippen molar-refractivity contribution < 1.29 is 19.4 Å². The molecule has 1 saturated heterocycles. The molecule has 3 heterocycles. The van der Waals surface area contributed by atoms with Gasteiger partial charge in [-0.05, 0) is 48.3 Å². The number of benzene rings is 1. The molecule has 168 valence electrons. The SMILES string of the molecule is C=C[C@H]1C=C[C@H]2[C@@H]3CCCC[C@H]3[C@@H]3Oc4ccc(cc4)C[C@@]4(O)C[C@H](C(=O)N4)C(=O)[C@@H]1[C@H]23. The Morgan fingerprint density at radius 3 is 2.59 bits per heavy atom. The predicted octanol–water partition coefficient (Wildman–Crippen LogP) is 3.42. The van der Waals surface area contributed by atoms with Crippen LogP contribution in [0.25, 0.3) is 0 Å². The van der Waals surface area contributed by atoms with Gasteiger partial charge in [0, 0.05) is 30.6 Å². The first-order valence-corrected chi connectivity index (χ1v) is 12.1. The van der Waals surface area contributed by atoms with Crippen LogP contribution in [0.5, 0.6) is 5.75 Å². The average Bonchev–Trinajstić information content (AvgIpc) is 3.27. The summed E-state index contributed by atoms with van der Waals surface area (Å²) in [4.78, 5) is 26.9. The first kappa shape index (κ1) is 20.2. The molecule has 9 atom stereocenters. The van der Waals surface area contributed by atoms with Gasteiger partial charge >= 0.3 is 0 Å². The molecule has 6 aliphatic rings. The van der Waals surface area contributed by atoms with Gasteiger partial charge in [-0.25, -0.2) is 0 Å². The van der Waals surface area contributed by atoms with E-state index >= 15 is 0 Å². The molecule has 4 bridgehead atoms. The second-order valence-electron chi connectivity index (χ2n) is 10.6. The van der Waals surface area contributed by atoms with E-state index in [-0.39, 0.29) is 54.3 Å². The smallest absolute Gasteiger partial charge is 0.232 e. The summed E-state index contributed by atoms with van der Waals surface area (Å²) in [7, 11) is 0. The zero-order valence-electron chi connectivity index (χ0n) is 18.3. The molecule has 3 aliphatic carbocycles. The zero-order chi connectivity index (χ0) is 22.0. The third-order valence-electron chi connectivity index (χ3n) is 8.85. The van der Waals surface area contributed by atoms with Gasteiger partial charge < -0.3 is 15.2 Å². The second-order valence-corrected chi connectivity index (χ2v) is 10.6. The van der Waals surface area contributed by atoms with Crippen molar-refractivity contribution in [2.45, 2.75) is 50.4 Å². The van der Waals surface area contributed by atoms with Crippen molar-refractivity contribution in [1.82, 2.24) is 5.32 Å². The molecule has 5 heteroatoms. The maximum Gasteiger partial charge on any atom is 0.232 e. The third-order valence-corrected chi connectivity index (χ3v) is 8.85. The Labute approximate surface area is 188 Å². The Hall–Kier alpha value is -2.40. The predicted molar refractivity (Wildman–Crippen MR) is 120 cm³/mol. The maximum absolute atomic E-state index is 14.0. The molecule has 5 nitrogen and oxygen atoms in total. The number of Topliss-reactive ketones (excluding diaryl/α,β-unsaturated/α-hetero) is 1. The first-order chi connectivity index (χ1) is 15.5. The van der Waals surface area contributed by atoms with Gasteiger partial charge in [0.15, 0.2) is 0 Å². The zero-order valence-corrected chi connectivity index (χ0v) is 18.3. The standard InChI is InChI=1S/C27H31NO4/c1-2-16-9-12-19-18-5-3-4-6-20(18)25-23(19)22(16)24(29)21-14-27(31,28-26(21)30)13-15-7-10-17(32-25)11-8-15/h2,7-12,16,18-23,25,31H,1,3-6,13-14H2,(H,28,30)/t16-,18-,19-,20+,21-,22-,23-,25-,27+/m0/s1. The molecule has 0 unspecified atom stereocenters.